The maximum absolute atomic E-state index is 12.6. The van der Waals surface area contributed by atoms with Gasteiger partial charge in [-0.05, 0) is 6.26 Å². The first-order chi connectivity index (χ1) is 11.1. The molecule has 0 saturated carbocycles. The Balaban J connectivity index is 1.53. The van der Waals surface area contributed by atoms with Crippen LogP contribution in [0, 0.1) is 0 Å². The van der Waals surface area contributed by atoms with Gasteiger partial charge in [0.2, 0.25) is 0 Å². The van der Waals surface area contributed by atoms with Gasteiger partial charge < -0.3 is 4.74 Å². The van der Waals surface area contributed by atoms with Gasteiger partial charge >= 0.3 is 0 Å². The van der Waals surface area contributed by atoms with Gasteiger partial charge in [-0.3, -0.25) is 4.90 Å². The van der Waals surface area contributed by atoms with Gasteiger partial charge in [-0.1, -0.05) is 23.1 Å². The highest BCUT2D eigenvalue weighted by atomic mass is 32.2. The number of thioether (sulfide) groups is 1. The molecule has 2 aliphatic heterocycles. The zero-order valence-electron chi connectivity index (χ0n) is 13.0. The second-order valence-corrected chi connectivity index (χ2v) is 9.40. The predicted molar refractivity (Wildman–Crippen MR) is 89.9 cm³/mol. The van der Waals surface area contributed by atoms with Crippen LogP contribution in [0.2, 0.25) is 0 Å². The number of ether oxygens (including phenoxy) is 1. The highest BCUT2D eigenvalue weighted by molar-refractivity contribution is 8.00. The Kier molecular flexibility index (Phi) is 5.88. The summed E-state index contributed by atoms with van der Waals surface area (Å²) in [6.07, 6.45) is 1.99. The third-order valence-corrected chi connectivity index (χ3v) is 7.85. The van der Waals surface area contributed by atoms with Crippen molar-refractivity contribution in [3.05, 3.63) is 5.01 Å². The number of aromatic nitrogens is 2. The fourth-order valence-corrected chi connectivity index (χ4v) is 5.55. The summed E-state index contributed by atoms with van der Waals surface area (Å²) in [5.74, 6) is 0. The van der Waals surface area contributed by atoms with Crippen molar-refractivity contribution in [2.24, 2.45) is 0 Å². The first-order valence-electron chi connectivity index (χ1n) is 7.51. The van der Waals surface area contributed by atoms with Crippen LogP contribution in [0.15, 0.2) is 4.34 Å². The van der Waals surface area contributed by atoms with Gasteiger partial charge in [-0.25, -0.2) is 0 Å². The maximum Gasteiger partial charge on any atom is 0.282 e. The van der Waals surface area contributed by atoms with Gasteiger partial charge in [0.15, 0.2) is 4.34 Å². The van der Waals surface area contributed by atoms with Crippen molar-refractivity contribution in [1.29, 1.82) is 0 Å². The van der Waals surface area contributed by atoms with Crippen LogP contribution in [0.1, 0.15) is 5.01 Å². The molecule has 23 heavy (non-hydrogen) atoms. The number of rotatable bonds is 5. The standard InChI is InChI=1S/C12H21N5O3S3/c1-21-12-14-13-11(22-12)10-15-2-4-16(5-3-15)23(18,19)17-6-8-20-9-7-17/h2-10H2,1H3. The Morgan fingerprint density at radius 2 is 1.74 bits per heavy atom. The lowest BCUT2D eigenvalue weighted by Crippen LogP contribution is -2.54. The van der Waals surface area contributed by atoms with Crippen molar-refractivity contribution in [3.8, 4) is 0 Å². The molecule has 2 saturated heterocycles. The number of piperazine rings is 1. The summed E-state index contributed by atoms with van der Waals surface area (Å²) in [5.41, 5.74) is 0. The maximum atomic E-state index is 12.6. The summed E-state index contributed by atoms with van der Waals surface area (Å²) in [4.78, 5) is 2.23. The lowest BCUT2D eigenvalue weighted by molar-refractivity contribution is 0.0684. The third kappa shape index (κ3) is 4.21. The number of morpholine rings is 1. The minimum atomic E-state index is -3.35. The molecule has 0 unspecified atom stereocenters. The van der Waals surface area contributed by atoms with E-state index >= 15 is 0 Å². The minimum absolute atomic E-state index is 0.449. The first kappa shape index (κ1) is 17.5. The Morgan fingerprint density at radius 3 is 2.35 bits per heavy atom. The van der Waals surface area contributed by atoms with E-state index in [4.69, 9.17) is 4.74 Å². The summed E-state index contributed by atoms with van der Waals surface area (Å²) >= 11 is 3.20. The molecule has 2 aliphatic rings. The monoisotopic (exact) mass is 379 g/mol. The van der Waals surface area contributed by atoms with Gasteiger partial charge in [0.1, 0.15) is 5.01 Å². The fourth-order valence-electron chi connectivity index (χ4n) is 2.63. The van der Waals surface area contributed by atoms with E-state index in [1.165, 1.54) is 4.31 Å². The van der Waals surface area contributed by atoms with E-state index in [9.17, 15) is 8.42 Å². The summed E-state index contributed by atoms with van der Waals surface area (Å²) in [6, 6.07) is 0. The lowest BCUT2D eigenvalue weighted by Gasteiger charge is -2.37. The summed E-state index contributed by atoms with van der Waals surface area (Å²) in [7, 11) is -3.35. The van der Waals surface area contributed by atoms with Crippen molar-refractivity contribution in [2.75, 3.05) is 58.7 Å². The number of hydrogen-bond donors (Lipinski definition) is 0. The van der Waals surface area contributed by atoms with E-state index < -0.39 is 10.2 Å². The van der Waals surface area contributed by atoms with Crippen molar-refractivity contribution in [2.45, 2.75) is 10.9 Å². The Morgan fingerprint density at radius 1 is 1.09 bits per heavy atom. The molecular formula is C12H21N5O3S3. The normalized spacial score (nSPS) is 22.5. The quantitative estimate of drug-likeness (QED) is 0.664. The molecule has 0 radical (unpaired) electrons. The zero-order valence-corrected chi connectivity index (χ0v) is 15.5. The van der Waals surface area contributed by atoms with Crippen molar-refractivity contribution < 1.29 is 13.2 Å². The van der Waals surface area contributed by atoms with E-state index in [1.807, 2.05) is 6.26 Å². The van der Waals surface area contributed by atoms with E-state index in [2.05, 4.69) is 15.1 Å². The van der Waals surface area contributed by atoms with Gasteiger partial charge in [-0.15, -0.1) is 10.2 Å². The molecule has 0 spiro atoms. The average Bonchev–Trinajstić information content (AvgIpc) is 3.04. The smallest absolute Gasteiger partial charge is 0.282 e. The van der Waals surface area contributed by atoms with E-state index in [0.717, 1.165) is 29.0 Å². The first-order valence-corrected chi connectivity index (χ1v) is 10.9. The molecule has 3 rings (SSSR count). The largest absolute Gasteiger partial charge is 0.379 e. The molecule has 1 aromatic rings. The van der Waals surface area contributed by atoms with Gasteiger partial charge in [0.05, 0.1) is 19.8 Å². The van der Waals surface area contributed by atoms with E-state index in [0.29, 0.717) is 39.4 Å². The molecule has 0 atom stereocenters. The van der Waals surface area contributed by atoms with Crippen LogP contribution in [0.4, 0.5) is 0 Å². The molecule has 2 fully saturated rings. The van der Waals surface area contributed by atoms with Crippen LogP contribution in [-0.2, 0) is 21.5 Å². The topological polar surface area (TPSA) is 78.9 Å². The molecule has 0 amide bonds. The third-order valence-electron chi connectivity index (χ3n) is 3.94. The van der Waals surface area contributed by atoms with Crippen LogP contribution in [0.3, 0.4) is 0 Å². The Labute approximate surface area is 145 Å². The van der Waals surface area contributed by atoms with Gasteiger partial charge in [0, 0.05) is 39.3 Å². The second kappa shape index (κ2) is 7.72. The second-order valence-electron chi connectivity index (χ2n) is 5.36. The van der Waals surface area contributed by atoms with Crippen LogP contribution < -0.4 is 0 Å². The molecule has 11 heteroatoms. The van der Waals surface area contributed by atoms with Crippen LogP contribution in [0.25, 0.3) is 0 Å². The highest BCUT2D eigenvalue weighted by Gasteiger charge is 2.33. The lowest BCUT2D eigenvalue weighted by atomic mass is 10.3. The molecule has 0 aromatic carbocycles. The molecular weight excluding hydrogens is 358 g/mol. The summed E-state index contributed by atoms with van der Waals surface area (Å²) in [5, 5.41) is 9.25. The molecule has 0 bridgehead atoms. The van der Waals surface area contributed by atoms with Crippen molar-refractivity contribution >= 4 is 33.3 Å². The number of hydrogen-bond acceptors (Lipinski definition) is 8. The van der Waals surface area contributed by atoms with Crippen LogP contribution in [-0.4, -0.2) is 90.9 Å². The fraction of sp³-hybridized carbons (Fsp3) is 0.833. The molecule has 130 valence electrons. The summed E-state index contributed by atoms with van der Waals surface area (Å²) in [6.45, 7) is 5.08. The predicted octanol–water partition coefficient (Wildman–Crippen LogP) is -0.0454. The zero-order chi connectivity index (χ0) is 16.3. The van der Waals surface area contributed by atoms with Crippen LogP contribution >= 0.6 is 23.1 Å². The van der Waals surface area contributed by atoms with Crippen LogP contribution in [0.5, 0.6) is 0 Å². The Bertz CT molecular complexity index is 609. The average molecular weight is 380 g/mol. The molecule has 0 aliphatic carbocycles. The summed E-state index contributed by atoms with van der Waals surface area (Å²) < 4.78 is 34.5. The minimum Gasteiger partial charge on any atom is -0.379 e. The molecule has 3 heterocycles. The van der Waals surface area contributed by atoms with Crippen molar-refractivity contribution in [1.82, 2.24) is 23.7 Å². The molecule has 8 nitrogen and oxygen atoms in total. The van der Waals surface area contributed by atoms with Gasteiger partial charge in [0.25, 0.3) is 10.2 Å². The van der Waals surface area contributed by atoms with Gasteiger partial charge in [-0.2, -0.15) is 17.0 Å². The molecule has 0 N–H and O–H groups in total. The van der Waals surface area contributed by atoms with E-state index in [-0.39, 0.29) is 0 Å². The number of nitrogens with zero attached hydrogens (tertiary/aromatic N) is 5. The van der Waals surface area contributed by atoms with Crippen molar-refractivity contribution in [3.63, 3.8) is 0 Å². The van der Waals surface area contributed by atoms with E-state index in [1.54, 1.807) is 27.4 Å². The highest BCUT2D eigenvalue weighted by Crippen LogP contribution is 2.21. The SMILES string of the molecule is CSc1nnc(CN2CCN(S(=O)(=O)N3CCOCC3)CC2)s1. The molecule has 1 aromatic heterocycles. The Hall–Kier alpha value is -0.300.